The molecule has 0 amide bonds. The average molecular weight is 290 g/mol. The minimum Gasteiger partial charge on any atom is -0.480 e. The Kier molecular flexibility index (Phi) is 5.02. The Hall–Kier alpha value is -0.770. The molecular formula is C13H17Cl2NO2. The number of rotatable bonds is 5. The maximum atomic E-state index is 11.3. The lowest BCUT2D eigenvalue weighted by molar-refractivity contribution is -0.149. The fourth-order valence-corrected chi connectivity index (χ4v) is 2.16. The fourth-order valence-electron chi connectivity index (χ4n) is 1.70. The molecule has 0 aliphatic heterocycles. The van der Waals surface area contributed by atoms with Crippen LogP contribution in [0, 0.1) is 0 Å². The molecule has 0 radical (unpaired) electrons. The van der Waals surface area contributed by atoms with Crippen molar-refractivity contribution < 1.29 is 9.90 Å². The highest BCUT2D eigenvalue weighted by molar-refractivity contribution is 6.35. The van der Waals surface area contributed by atoms with Crippen molar-refractivity contribution in [3.8, 4) is 0 Å². The summed E-state index contributed by atoms with van der Waals surface area (Å²) in [4.78, 5) is 13.1. The number of hydrogen-bond donors (Lipinski definition) is 1. The Labute approximate surface area is 117 Å². The molecule has 5 heteroatoms. The maximum Gasteiger partial charge on any atom is 0.323 e. The third-order valence-electron chi connectivity index (χ3n) is 3.07. The zero-order valence-corrected chi connectivity index (χ0v) is 12.2. The summed E-state index contributed by atoms with van der Waals surface area (Å²) >= 11 is 11.9. The molecule has 1 N–H and O–H groups in total. The zero-order chi connectivity index (χ0) is 13.9. The molecule has 0 heterocycles. The Morgan fingerprint density at radius 2 is 2.00 bits per heavy atom. The molecule has 100 valence electrons. The number of likely N-dealkylation sites (N-methyl/N-ethyl adjacent to an activating group) is 1. The normalized spacial score (nSPS) is 11.9. The third-order valence-corrected chi connectivity index (χ3v) is 3.66. The smallest absolute Gasteiger partial charge is 0.323 e. The lowest BCUT2D eigenvalue weighted by Crippen LogP contribution is -2.49. The van der Waals surface area contributed by atoms with E-state index in [0.717, 1.165) is 5.56 Å². The molecule has 0 saturated heterocycles. The van der Waals surface area contributed by atoms with Crippen molar-refractivity contribution >= 4 is 29.2 Å². The van der Waals surface area contributed by atoms with Crippen molar-refractivity contribution in [1.82, 2.24) is 4.90 Å². The lowest BCUT2D eigenvalue weighted by Gasteiger charge is -2.34. The number of carboxylic acids is 1. The van der Waals surface area contributed by atoms with Gasteiger partial charge in [-0.3, -0.25) is 9.69 Å². The van der Waals surface area contributed by atoms with Crippen LogP contribution < -0.4 is 0 Å². The summed E-state index contributed by atoms with van der Waals surface area (Å²) in [5.41, 5.74) is -0.0604. The van der Waals surface area contributed by atoms with Crippen LogP contribution in [0.5, 0.6) is 0 Å². The van der Waals surface area contributed by atoms with E-state index in [0.29, 0.717) is 23.1 Å². The van der Waals surface area contributed by atoms with Crippen LogP contribution in [0.4, 0.5) is 0 Å². The van der Waals surface area contributed by atoms with Gasteiger partial charge in [0.25, 0.3) is 0 Å². The first kappa shape index (κ1) is 15.3. The second kappa shape index (κ2) is 5.91. The van der Waals surface area contributed by atoms with Crippen LogP contribution in [-0.2, 0) is 11.3 Å². The van der Waals surface area contributed by atoms with Gasteiger partial charge in [0.05, 0.1) is 0 Å². The van der Waals surface area contributed by atoms with Crippen molar-refractivity contribution in [3.05, 3.63) is 33.8 Å². The summed E-state index contributed by atoms with van der Waals surface area (Å²) in [7, 11) is 0. The average Bonchev–Trinajstić information content (AvgIpc) is 2.27. The Morgan fingerprint density at radius 3 is 2.44 bits per heavy atom. The SMILES string of the molecule is CCN(Cc1ccc(Cl)cc1Cl)C(C)(C)C(=O)O. The van der Waals surface area contributed by atoms with Gasteiger partial charge in [0.15, 0.2) is 0 Å². The van der Waals surface area contributed by atoms with Crippen molar-refractivity contribution in [2.75, 3.05) is 6.54 Å². The summed E-state index contributed by atoms with van der Waals surface area (Å²) in [6.45, 7) is 6.39. The first-order valence-electron chi connectivity index (χ1n) is 5.71. The van der Waals surface area contributed by atoms with E-state index in [1.807, 2.05) is 17.9 Å². The van der Waals surface area contributed by atoms with Crippen LogP contribution in [0.15, 0.2) is 18.2 Å². The molecule has 0 aliphatic rings. The predicted molar refractivity (Wildman–Crippen MR) is 74.3 cm³/mol. The van der Waals surface area contributed by atoms with Gasteiger partial charge in [-0.05, 0) is 38.1 Å². The van der Waals surface area contributed by atoms with Crippen molar-refractivity contribution in [3.63, 3.8) is 0 Å². The van der Waals surface area contributed by atoms with Gasteiger partial charge in [0.2, 0.25) is 0 Å². The predicted octanol–water partition coefficient (Wildman–Crippen LogP) is 3.68. The Morgan fingerprint density at radius 1 is 1.39 bits per heavy atom. The molecule has 0 fully saturated rings. The molecule has 3 nitrogen and oxygen atoms in total. The van der Waals surface area contributed by atoms with Crippen LogP contribution >= 0.6 is 23.2 Å². The molecule has 0 bridgehead atoms. The van der Waals surface area contributed by atoms with Crippen LogP contribution in [0.2, 0.25) is 10.0 Å². The van der Waals surface area contributed by atoms with Crippen LogP contribution in [0.1, 0.15) is 26.3 Å². The molecule has 1 aromatic carbocycles. The Bertz CT molecular complexity index is 447. The summed E-state index contributed by atoms with van der Waals surface area (Å²) in [6.07, 6.45) is 0. The van der Waals surface area contributed by atoms with Gasteiger partial charge in [-0.25, -0.2) is 0 Å². The lowest BCUT2D eigenvalue weighted by atomic mass is 10.0. The summed E-state index contributed by atoms with van der Waals surface area (Å²) < 4.78 is 0. The quantitative estimate of drug-likeness (QED) is 0.899. The number of aliphatic carboxylic acids is 1. The summed E-state index contributed by atoms with van der Waals surface area (Å²) in [5.74, 6) is -0.852. The highest BCUT2D eigenvalue weighted by Crippen LogP contribution is 2.25. The molecule has 18 heavy (non-hydrogen) atoms. The second-order valence-corrected chi connectivity index (χ2v) is 5.46. The molecule has 1 rings (SSSR count). The largest absolute Gasteiger partial charge is 0.480 e. The van der Waals surface area contributed by atoms with Crippen molar-refractivity contribution in [1.29, 1.82) is 0 Å². The summed E-state index contributed by atoms with van der Waals surface area (Å²) in [5, 5.41) is 10.4. The topological polar surface area (TPSA) is 40.5 Å². The molecule has 0 spiro atoms. The van der Waals surface area contributed by atoms with Crippen LogP contribution in [0.3, 0.4) is 0 Å². The fraction of sp³-hybridized carbons (Fsp3) is 0.462. The molecular weight excluding hydrogens is 273 g/mol. The maximum absolute atomic E-state index is 11.3. The van der Waals surface area contributed by atoms with Crippen molar-refractivity contribution in [2.24, 2.45) is 0 Å². The standard InChI is InChI=1S/C13H17Cl2NO2/c1-4-16(13(2,3)12(17)18)8-9-5-6-10(14)7-11(9)15/h5-7H,4,8H2,1-3H3,(H,17,18). The van der Waals surface area contributed by atoms with E-state index in [2.05, 4.69) is 0 Å². The van der Waals surface area contributed by atoms with Gasteiger partial charge in [0.1, 0.15) is 5.54 Å². The highest BCUT2D eigenvalue weighted by atomic mass is 35.5. The molecule has 0 aromatic heterocycles. The Balaban J connectivity index is 2.96. The van der Waals surface area contributed by atoms with E-state index in [9.17, 15) is 9.90 Å². The van der Waals surface area contributed by atoms with Crippen LogP contribution in [-0.4, -0.2) is 28.1 Å². The molecule has 0 aliphatic carbocycles. The molecule has 0 atom stereocenters. The number of nitrogens with zero attached hydrogens (tertiary/aromatic N) is 1. The minimum atomic E-state index is -0.933. The highest BCUT2D eigenvalue weighted by Gasteiger charge is 2.33. The van der Waals surface area contributed by atoms with Crippen molar-refractivity contribution in [2.45, 2.75) is 32.9 Å². The van der Waals surface area contributed by atoms with Gasteiger partial charge in [-0.2, -0.15) is 0 Å². The summed E-state index contributed by atoms with van der Waals surface area (Å²) in [6, 6.07) is 5.25. The molecule has 0 unspecified atom stereocenters. The van der Waals surface area contributed by atoms with Gasteiger partial charge < -0.3 is 5.11 Å². The van der Waals surface area contributed by atoms with Gasteiger partial charge in [-0.15, -0.1) is 0 Å². The van der Waals surface area contributed by atoms with Gasteiger partial charge in [0, 0.05) is 16.6 Å². The zero-order valence-electron chi connectivity index (χ0n) is 10.7. The number of benzene rings is 1. The monoisotopic (exact) mass is 289 g/mol. The van der Waals surface area contributed by atoms with E-state index in [1.165, 1.54) is 0 Å². The number of carboxylic acid groups (broad SMARTS) is 1. The molecule has 0 saturated carbocycles. The second-order valence-electron chi connectivity index (χ2n) is 4.61. The molecule has 1 aromatic rings. The van der Waals surface area contributed by atoms with Gasteiger partial charge in [-0.1, -0.05) is 36.2 Å². The van der Waals surface area contributed by atoms with E-state index >= 15 is 0 Å². The van der Waals surface area contributed by atoms with E-state index in [-0.39, 0.29) is 0 Å². The van der Waals surface area contributed by atoms with Gasteiger partial charge >= 0.3 is 5.97 Å². The van der Waals surface area contributed by atoms with E-state index in [4.69, 9.17) is 23.2 Å². The number of halogens is 2. The van der Waals surface area contributed by atoms with E-state index in [1.54, 1.807) is 26.0 Å². The minimum absolute atomic E-state index is 0.478. The van der Waals surface area contributed by atoms with E-state index < -0.39 is 11.5 Å². The first-order chi connectivity index (χ1) is 8.28. The number of carbonyl (C=O) groups is 1. The van der Waals surface area contributed by atoms with Crippen LogP contribution in [0.25, 0.3) is 0 Å². The first-order valence-corrected chi connectivity index (χ1v) is 6.47. The third kappa shape index (κ3) is 3.37. The number of hydrogen-bond acceptors (Lipinski definition) is 2.